The SMILES string of the molecule is CC[C@H](NS(=O)(=O)CC)C(=O)NCCc1ccc(OCC(C)c2ccc(Cl)cc2)c(OC)c1. The van der Waals surface area contributed by atoms with Crippen LogP contribution in [0.25, 0.3) is 0 Å². The maximum Gasteiger partial charge on any atom is 0.238 e. The zero-order valence-electron chi connectivity index (χ0n) is 19.6. The second-order valence-electron chi connectivity index (χ2n) is 7.77. The van der Waals surface area contributed by atoms with Crippen molar-refractivity contribution in [1.82, 2.24) is 10.0 Å². The molecule has 0 spiro atoms. The summed E-state index contributed by atoms with van der Waals surface area (Å²) >= 11 is 5.95. The first-order valence-corrected chi connectivity index (χ1v) is 13.0. The molecule has 2 aromatic rings. The molecule has 0 aliphatic carbocycles. The highest BCUT2D eigenvalue weighted by molar-refractivity contribution is 7.89. The fourth-order valence-electron chi connectivity index (χ4n) is 3.16. The molecule has 2 rings (SSSR count). The molecule has 0 radical (unpaired) electrons. The Labute approximate surface area is 201 Å². The number of amides is 1. The molecule has 1 unspecified atom stereocenters. The van der Waals surface area contributed by atoms with E-state index in [1.165, 1.54) is 6.92 Å². The van der Waals surface area contributed by atoms with Crippen molar-refractivity contribution in [2.75, 3.05) is 26.0 Å². The largest absolute Gasteiger partial charge is 0.493 e. The predicted molar refractivity (Wildman–Crippen MR) is 132 cm³/mol. The molecule has 1 amide bonds. The molecule has 0 fully saturated rings. The van der Waals surface area contributed by atoms with Crippen LogP contribution >= 0.6 is 11.6 Å². The molecule has 0 saturated heterocycles. The molecule has 0 saturated carbocycles. The van der Waals surface area contributed by atoms with Gasteiger partial charge in [-0.3, -0.25) is 4.79 Å². The van der Waals surface area contributed by atoms with E-state index in [9.17, 15) is 13.2 Å². The summed E-state index contributed by atoms with van der Waals surface area (Å²) in [4.78, 5) is 12.3. The smallest absolute Gasteiger partial charge is 0.238 e. The first-order chi connectivity index (χ1) is 15.7. The molecule has 0 aliphatic rings. The molecule has 0 heterocycles. The van der Waals surface area contributed by atoms with Crippen LogP contribution in [0.1, 0.15) is 44.2 Å². The quantitative estimate of drug-likeness (QED) is 0.438. The summed E-state index contributed by atoms with van der Waals surface area (Å²) in [6.07, 6.45) is 0.944. The monoisotopic (exact) mass is 496 g/mol. The average Bonchev–Trinajstić information content (AvgIpc) is 2.81. The van der Waals surface area contributed by atoms with Gasteiger partial charge in [-0.05, 0) is 55.2 Å². The summed E-state index contributed by atoms with van der Waals surface area (Å²) in [5, 5.41) is 3.50. The van der Waals surface area contributed by atoms with Crippen molar-refractivity contribution < 1.29 is 22.7 Å². The van der Waals surface area contributed by atoms with Crippen LogP contribution in [0.2, 0.25) is 5.02 Å². The molecule has 2 N–H and O–H groups in total. The van der Waals surface area contributed by atoms with Crippen molar-refractivity contribution in [1.29, 1.82) is 0 Å². The number of rotatable bonds is 13. The molecule has 33 heavy (non-hydrogen) atoms. The Morgan fingerprint density at radius 3 is 2.39 bits per heavy atom. The number of nitrogens with one attached hydrogen (secondary N) is 2. The van der Waals surface area contributed by atoms with Crippen LogP contribution in [-0.2, 0) is 21.2 Å². The second-order valence-corrected chi connectivity index (χ2v) is 10.3. The van der Waals surface area contributed by atoms with Crippen LogP contribution in [-0.4, -0.2) is 46.4 Å². The number of benzene rings is 2. The fourth-order valence-corrected chi connectivity index (χ4v) is 4.16. The van der Waals surface area contributed by atoms with Gasteiger partial charge in [-0.25, -0.2) is 13.1 Å². The van der Waals surface area contributed by atoms with Gasteiger partial charge in [-0.2, -0.15) is 0 Å². The number of halogens is 1. The second kappa shape index (κ2) is 12.8. The summed E-state index contributed by atoms with van der Waals surface area (Å²) < 4.78 is 37.4. The van der Waals surface area contributed by atoms with Crippen molar-refractivity contribution in [3.05, 3.63) is 58.6 Å². The van der Waals surface area contributed by atoms with E-state index in [2.05, 4.69) is 17.0 Å². The van der Waals surface area contributed by atoms with Crippen LogP contribution in [0.15, 0.2) is 42.5 Å². The highest BCUT2D eigenvalue weighted by Gasteiger charge is 2.21. The van der Waals surface area contributed by atoms with Crippen molar-refractivity contribution in [2.24, 2.45) is 0 Å². The van der Waals surface area contributed by atoms with Gasteiger partial charge >= 0.3 is 0 Å². The molecule has 2 atom stereocenters. The van der Waals surface area contributed by atoms with Gasteiger partial charge in [-0.15, -0.1) is 0 Å². The molecule has 9 heteroatoms. The van der Waals surface area contributed by atoms with Gasteiger partial charge < -0.3 is 14.8 Å². The lowest BCUT2D eigenvalue weighted by atomic mass is 10.0. The van der Waals surface area contributed by atoms with E-state index in [-0.39, 0.29) is 17.6 Å². The Balaban J connectivity index is 1.90. The van der Waals surface area contributed by atoms with E-state index in [1.54, 1.807) is 14.0 Å². The summed E-state index contributed by atoms with van der Waals surface area (Å²) in [6.45, 7) is 6.24. The lowest BCUT2D eigenvalue weighted by molar-refractivity contribution is -0.122. The van der Waals surface area contributed by atoms with E-state index in [0.29, 0.717) is 42.5 Å². The van der Waals surface area contributed by atoms with Gasteiger partial charge in [0.2, 0.25) is 15.9 Å². The van der Waals surface area contributed by atoms with Crippen LogP contribution in [0.5, 0.6) is 11.5 Å². The third kappa shape index (κ3) is 8.53. The Kier molecular flexibility index (Phi) is 10.5. The van der Waals surface area contributed by atoms with E-state index in [4.69, 9.17) is 21.1 Å². The molecular formula is C24H33ClN2O5S. The number of ether oxygens (including phenoxy) is 2. The summed E-state index contributed by atoms with van der Waals surface area (Å²) in [6, 6.07) is 12.6. The van der Waals surface area contributed by atoms with Gasteiger partial charge in [0, 0.05) is 17.5 Å². The minimum Gasteiger partial charge on any atom is -0.493 e. The Morgan fingerprint density at radius 2 is 1.79 bits per heavy atom. The van der Waals surface area contributed by atoms with Gasteiger partial charge in [0.15, 0.2) is 11.5 Å². The number of hydrogen-bond acceptors (Lipinski definition) is 5. The first-order valence-electron chi connectivity index (χ1n) is 11.0. The van der Waals surface area contributed by atoms with Crippen molar-refractivity contribution >= 4 is 27.5 Å². The van der Waals surface area contributed by atoms with Gasteiger partial charge in [0.05, 0.1) is 19.5 Å². The fraction of sp³-hybridized carbons (Fsp3) is 0.458. The van der Waals surface area contributed by atoms with Gasteiger partial charge in [0.25, 0.3) is 0 Å². The lowest BCUT2D eigenvalue weighted by Gasteiger charge is -2.17. The van der Waals surface area contributed by atoms with E-state index < -0.39 is 16.1 Å². The number of methoxy groups -OCH3 is 1. The van der Waals surface area contributed by atoms with Crippen LogP contribution in [0, 0.1) is 0 Å². The maximum absolute atomic E-state index is 12.3. The normalized spacial score (nSPS) is 13.2. The molecule has 0 bridgehead atoms. The Bertz CT molecular complexity index is 1010. The highest BCUT2D eigenvalue weighted by atomic mass is 35.5. The van der Waals surface area contributed by atoms with Gasteiger partial charge in [-0.1, -0.05) is 43.6 Å². The Hall–Kier alpha value is -2.29. The lowest BCUT2D eigenvalue weighted by Crippen LogP contribution is -2.47. The summed E-state index contributed by atoms with van der Waals surface area (Å²) in [5.74, 6) is 1.04. The molecule has 2 aromatic carbocycles. The minimum absolute atomic E-state index is 0.0660. The van der Waals surface area contributed by atoms with Crippen LogP contribution in [0.4, 0.5) is 0 Å². The number of carbonyl (C=O) groups excluding carboxylic acids is 1. The molecule has 7 nitrogen and oxygen atoms in total. The first kappa shape index (κ1) is 27.0. The zero-order chi connectivity index (χ0) is 24.4. The van der Waals surface area contributed by atoms with Gasteiger partial charge in [0.1, 0.15) is 6.04 Å². The standard InChI is InChI=1S/C24H33ClN2O5S/c1-5-21(27-33(29,30)6-2)24(28)26-14-13-18-7-12-22(23(15-18)31-4)32-16-17(3)19-8-10-20(25)11-9-19/h7-12,15,17,21,27H,5-6,13-14,16H2,1-4H3,(H,26,28)/t17?,21-/m0/s1. The zero-order valence-corrected chi connectivity index (χ0v) is 21.1. The number of carbonyl (C=O) groups is 1. The minimum atomic E-state index is -3.45. The van der Waals surface area contributed by atoms with E-state index in [1.807, 2.05) is 42.5 Å². The van der Waals surface area contributed by atoms with Crippen LogP contribution in [0.3, 0.4) is 0 Å². The number of hydrogen-bond donors (Lipinski definition) is 2. The third-order valence-corrected chi connectivity index (χ3v) is 6.95. The maximum atomic E-state index is 12.3. The van der Waals surface area contributed by atoms with Crippen LogP contribution < -0.4 is 19.5 Å². The average molecular weight is 497 g/mol. The van der Waals surface area contributed by atoms with Crippen molar-refractivity contribution in [3.8, 4) is 11.5 Å². The topological polar surface area (TPSA) is 93.7 Å². The summed E-state index contributed by atoms with van der Waals surface area (Å²) in [5.41, 5.74) is 2.10. The number of sulfonamides is 1. The van der Waals surface area contributed by atoms with E-state index >= 15 is 0 Å². The predicted octanol–water partition coefficient (Wildman–Crippen LogP) is 3.91. The highest BCUT2D eigenvalue weighted by Crippen LogP contribution is 2.29. The summed E-state index contributed by atoms with van der Waals surface area (Å²) in [7, 11) is -1.86. The molecule has 0 aromatic heterocycles. The Morgan fingerprint density at radius 1 is 1.09 bits per heavy atom. The van der Waals surface area contributed by atoms with E-state index in [0.717, 1.165) is 11.1 Å². The van der Waals surface area contributed by atoms with Crippen molar-refractivity contribution in [2.45, 2.75) is 45.6 Å². The molecule has 182 valence electrons. The molecule has 0 aliphatic heterocycles. The third-order valence-electron chi connectivity index (χ3n) is 5.30. The molecular weight excluding hydrogens is 464 g/mol. The van der Waals surface area contributed by atoms with Crippen molar-refractivity contribution in [3.63, 3.8) is 0 Å².